The summed E-state index contributed by atoms with van der Waals surface area (Å²) in [4.78, 5) is 42.0. The number of thiazole rings is 1. The number of carbonyl (C=O) groups is 3. The molecule has 7 nitrogen and oxygen atoms in total. The van der Waals surface area contributed by atoms with Crippen LogP contribution in [0, 0.1) is 5.92 Å². The van der Waals surface area contributed by atoms with E-state index in [0.717, 1.165) is 36.3 Å². The number of rotatable bonds is 5. The fraction of sp³-hybridized carbons (Fsp3) is 0.600. The summed E-state index contributed by atoms with van der Waals surface area (Å²) in [5.41, 5.74) is 0.166. The number of carbonyl (C=O) groups excluding carboxylic acids is 3. The summed E-state index contributed by atoms with van der Waals surface area (Å²) in [5, 5.41) is 7.88. The average Bonchev–Trinajstić information content (AvgIpc) is 3.41. The number of hydrogen-bond donors (Lipinski definition) is 2. The molecular weight excluding hydrogens is 316 g/mol. The first-order valence-electron chi connectivity index (χ1n) is 7.87. The fourth-order valence-electron chi connectivity index (χ4n) is 3.01. The van der Waals surface area contributed by atoms with E-state index in [4.69, 9.17) is 0 Å². The monoisotopic (exact) mass is 334 g/mol. The number of amides is 4. The fourth-order valence-corrected chi connectivity index (χ4v) is 3.82. The molecule has 1 saturated heterocycles. The number of imide groups is 1. The largest absolute Gasteiger partial charge is 0.325 e. The molecule has 3 aliphatic rings. The Morgan fingerprint density at radius 1 is 1.43 bits per heavy atom. The van der Waals surface area contributed by atoms with Crippen LogP contribution >= 0.6 is 11.3 Å². The molecule has 1 atom stereocenters. The van der Waals surface area contributed by atoms with Crippen LogP contribution in [0.5, 0.6) is 0 Å². The van der Waals surface area contributed by atoms with Crippen LogP contribution in [-0.2, 0) is 9.59 Å². The lowest BCUT2D eigenvalue weighted by molar-refractivity contribution is -0.134. The van der Waals surface area contributed by atoms with Gasteiger partial charge in [-0.2, -0.15) is 0 Å². The Labute approximate surface area is 137 Å². The number of nitrogens with zero attached hydrogens (tertiary/aromatic N) is 2. The van der Waals surface area contributed by atoms with Crippen LogP contribution in [0.25, 0.3) is 0 Å². The van der Waals surface area contributed by atoms with E-state index in [2.05, 4.69) is 15.6 Å². The van der Waals surface area contributed by atoms with Gasteiger partial charge in [0, 0.05) is 11.3 Å². The summed E-state index contributed by atoms with van der Waals surface area (Å²) in [6.07, 6.45) is 4.18. The van der Waals surface area contributed by atoms with Gasteiger partial charge in [0.15, 0.2) is 5.13 Å². The number of urea groups is 1. The molecule has 2 saturated carbocycles. The van der Waals surface area contributed by atoms with Crippen LogP contribution in [0.2, 0.25) is 0 Å². The molecule has 2 aliphatic carbocycles. The van der Waals surface area contributed by atoms with E-state index >= 15 is 0 Å². The SMILES string of the molecule is CC1(C2CC2)NC(=O)N(CC(=O)Nc2nc(C3CC3)cs2)C1=O. The maximum Gasteiger partial charge on any atom is 0.325 e. The predicted molar refractivity (Wildman–Crippen MR) is 84.1 cm³/mol. The second kappa shape index (κ2) is 5.02. The lowest BCUT2D eigenvalue weighted by Crippen LogP contribution is -2.46. The van der Waals surface area contributed by atoms with E-state index < -0.39 is 17.5 Å². The Kier molecular flexibility index (Phi) is 3.19. The van der Waals surface area contributed by atoms with Crippen molar-refractivity contribution in [1.29, 1.82) is 0 Å². The third-order valence-corrected chi connectivity index (χ3v) is 5.54. The molecule has 1 aromatic heterocycles. The predicted octanol–water partition coefficient (Wildman–Crippen LogP) is 1.68. The second-order valence-electron chi connectivity index (χ2n) is 6.70. The Bertz CT molecular complexity index is 695. The molecule has 2 heterocycles. The molecule has 2 N–H and O–H groups in total. The van der Waals surface area contributed by atoms with E-state index in [9.17, 15) is 14.4 Å². The normalized spacial score (nSPS) is 27.3. The molecule has 0 aromatic carbocycles. The molecule has 4 amide bonds. The van der Waals surface area contributed by atoms with Crippen molar-refractivity contribution in [2.45, 2.75) is 44.1 Å². The van der Waals surface area contributed by atoms with Gasteiger partial charge < -0.3 is 10.6 Å². The minimum absolute atomic E-state index is 0.187. The number of aromatic nitrogens is 1. The number of nitrogens with one attached hydrogen (secondary N) is 2. The van der Waals surface area contributed by atoms with Gasteiger partial charge in [0.1, 0.15) is 12.1 Å². The molecule has 122 valence electrons. The smallest absolute Gasteiger partial charge is 0.323 e. The summed E-state index contributed by atoms with van der Waals surface area (Å²) in [5.74, 6) is 0.0114. The standard InChI is InChI=1S/C15H18N4O3S/c1-15(9-4-5-9)12(21)19(14(22)18-15)6-11(20)17-13-16-10(7-23-13)8-2-3-8/h7-9H,2-6H2,1H3,(H,18,22)(H,16,17,20). The number of anilines is 1. The third kappa shape index (κ3) is 2.60. The molecule has 0 spiro atoms. The van der Waals surface area contributed by atoms with Gasteiger partial charge in [-0.1, -0.05) is 0 Å². The highest BCUT2D eigenvalue weighted by molar-refractivity contribution is 7.13. The molecule has 0 radical (unpaired) electrons. The molecule has 8 heteroatoms. The molecule has 1 aliphatic heterocycles. The van der Waals surface area contributed by atoms with Crippen LogP contribution in [0.1, 0.15) is 44.2 Å². The summed E-state index contributed by atoms with van der Waals surface area (Å²) in [6.45, 7) is 1.47. The van der Waals surface area contributed by atoms with Crippen molar-refractivity contribution in [1.82, 2.24) is 15.2 Å². The van der Waals surface area contributed by atoms with Crippen molar-refractivity contribution in [2.75, 3.05) is 11.9 Å². The van der Waals surface area contributed by atoms with Crippen molar-refractivity contribution in [3.63, 3.8) is 0 Å². The van der Waals surface area contributed by atoms with Gasteiger partial charge >= 0.3 is 6.03 Å². The van der Waals surface area contributed by atoms with Gasteiger partial charge in [0.25, 0.3) is 5.91 Å². The molecule has 0 bridgehead atoms. The average molecular weight is 334 g/mol. The Morgan fingerprint density at radius 3 is 2.83 bits per heavy atom. The van der Waals surface area contributed by atoms with Crippen LogP contribution in [0.15, 0.2) is 5.38 Å². The summed E-state index contributed by atoms with van der Waals surface area (Å²) in [7, 11) is 0. The summed E-state index contributed by atoms with van der Waals surface area (Å²) in [6, 6.07) is -0.489. The van der Waals surface area contributed by atoms with Crippen LogP contribution < -0.4 is 10.6 Å². The van der Waals surface area contributed by atoms with Crippen molar-refractivity contribution >= 4 is 34.3 Å². The molecule has 3 fully saturated rings. The Hall–Kier alpha value is -1.96. The van der Waals surface area contributed by atoms with Crippen molar-refractivity contribution in [3.05, 3.63) is 11.1 Å². The number of hydrogen-bond acceptors (Lipinski definition) is 5. The molecule has 1 unspecified atom stereocenters. The first-order valence-corrected chi connectivity index (χ1v) is 8.75. The van der Waals surface area contributed by atoms with Gasteiger partial charge in [0.05, 0.1) is 5.69 Å². The van der Waals surface area contributed by atoms with Gasteiger partial charge in [0.2, 0.25) is 5.91 Å². The molecule has 4 rings (SSSR count). The van der Waals surface area contributed by atoms with Gasteiger partial charge in [-0.15, -0.1) is 11.3 Å². The van der Waals surface area contributed by atoms with E-state index in [1.165, 1.54) is 11.3 Å². The highest BCUT2D eigenvalue weighted by Gasteiger charge is 2.56. The van der Waals surface area contributed by atoms with Gasteiger partial charge in [-0.25, -0.2) is 9.78 Å². The van der Waals surface area contributed by atoms with Crippen molar-refractivity contribution in [2.24, 2.45) is 5.92 Å². The van der Waals surface area contributed by atoms with Crippen molar-refractivity contribution in [3.8, 4) is 0 Å². The van der Waals surface area contributed by atoms with Crippen LogP contribution in [0.3, 0.4) is 0 Å². The lowest BCUT2D eigenvalue weighted by Gasteiger charge is -2.20. The second-order valence-corrected chi connectivity index (χ2v) is 7.56. The highest BCUT2D eigenvalue weighted by Crippen LogP contribution is 2.43. The summed E-state index contributed by atoms with van der Waals surface area (Å²) >= 11 is 1.37. The van der Waals surface area contributed by atoms with E-state index in [1.54, 1.807) is 6.92 Å². The zero-order chi connectivity index (χ0) is 16.2. The molecule has 1 aromatic rings. The first-order chi connectivity index (χ1) is 11.0. The van der Waals surface area contributed by atoms with Crippen molar-refractivity contribution < 1.29 is 14.4 Å². The van der Waals surface area contributed by atoms with Gasteiger partial charge in [-0.3, -0.25) is 14.5 Å². The minimum atomic E-state index is -0.850. The third-order valence-electron chi connectivity index (χ3n) is 4.76. The highest BCUT2D eigenvalue weighted by atomic mass is 32.1. The Morgan fingerprint density at radius 2 is 2.17 bits per heavy atom. The molecular formula is C15H18N4O3S. The molecule has 23 heavy (non-hydrogen) atoms. The quantitative estimate of drug-likeness (QED) is 0.802. The lowest BCUT2D eigenvalue weighted by atomic mass is 9.96. The zero-order valence-electron chi connectivity index (χ0n) is 12.8. The maximum atomic E-state index is 12.5. The van der Waals surface area contributed by atoms with E-state index in [-0.39, 0.29) is 18.4 Å². The maximum absolute atomic E-state index is 12.5. The Balaban J connectivity index is 1.39. The topological polar surface area (TPSA) is 91.4 Å². The van der Waals surface area contributed by atoms with E-state index in [0.29, 0.717) is 11.0 Å². The zero-order valence-corrected chi connectivity index (χ0v) is 13.6. The summed E-state index contributed by atoms with van der Waals surface area (Å²) < 4.78 is 0. The van der Waals surface area contributed by atoms with Gasteiger partial charge in [-0.05, 0) is 38.5 Å². The van der Waals surface area contributed by atoms with E-state index in [1.807, 2.05) is 5.38 Å². The first kappa shape index (κ1) is 14.6. The minimum Gasteiger partial charge on any atom is -0.323 e. The van der Waals surface area contributed by atoms with Crippen LogP contribution in [0.4, 0.5) is 9.93 Å². The van der Waals surface area contributed by atoms with Crippen LogP contribution in [-0.4, -0.2) is 39.8 Å².